The van der Waals surface area contributed by atoms with Gasteiger partial charge in [-0.1, -0.05) is 30.2 Å². The number of amides is 3. The Hall–Kier alpha value is -3.23. The van der Waals surface area contributed by atoms with Gasteiger partial charge in [0.2, 0.25) is 11.8 Å². The summed E-state index contributed by atoms with van der Waals surface area (Å²) in [5.74, 6) is -1.99. The molecule has 33 heavy (non-hydrogen) atoms. The van der Waals surface area contributed by atoms with Gasteiger partial charge in [-0.05, 0) is 29.6 Å². The largest absolute Gasteiger partial charge is 0.489 e. The second-order valence-corrected chi connectivity index (χ2v) is 8.09. The van der Waals surface area contributed by atoms with Crippen LogP contribution in [0.4, 0.5) is 0 Å². The van der Waals surface area contributed by atoms with Gasteiger partial charge in [0, 0.05) is 37.2 Å². The van der Waals surface area contributed by atoms with E-state index in [1.807, 2.05) is 4.90 Å². The van der Waals surface area contributed by atoms with Crippen LogP contribution >= 0.6 is 0 Å². The Labute approximate surface area is 202 Å². The normalized spacial score (nSPS) is 24.1. The van der Waals surface area contributed by atoms with Crippen LogP contribution in [0.5, 0.6) is 5.75 Å². The van der Waals surface area contributed by atoms with Gasteiger partial charge in [0.15, 0.2) is 0 Å². The Bertz CT molecular complexity index is 1400. The Morgan fingerprint density at radius 3 is 2.58 bits per heavy atom. The summed E-state index contributed by atoms with van der Waals surface area (Å²) in [6, 6.07) is -3.48. The maximum absolute atomic E-state index is 13.3. The molecule has 3 heterocycles. The third-order valence-corrected chi connectivity index (χ3v) is 5.90. The number of piperidine rings is 1. The van der Waals surface area contributed by atoms with E-state index in [-0.39, 0.29) is 78.1 Å². The summed E-state index contributed by atoms with van der Waals surface area (Å²) >= 11 is 0. The van der Waals surface area contributed by atoms with Crippen LogP contribution < -0.4 is 10.1 Å². The van der Waals surface area contributed by atoms with Crippen LogP contribution in [0.15, 0.2) is 42.3 Å². The molecule has 0 aliphatic carbocycles. The third kappa shape index (κ3) is 4.62. The first-order valence-corrected chi connectivity index (χ1v) is 10.8. The van der Waals surface area contributed by atoms with Crippen LogP contribution in [0.2, 0.25) is 0 Å². The van der Waals surface area contributed by atoms with Crippen molar-refractivity contribution in [2.75, 3.05) is 26.3 Å². The van der Waals surface area contributed by atoms with Gasteiger partial charge < -0.3 is 14.4 Å². The summed E-state index contributed by atoms with van der Waals surface area (Å²) in [4.78, 5) is 40.4. The SMILES string of the molecule is [2H]c1c([2H])c(OCc2c([2H])c([2H])c(CN3CCOCC3)c([2H])c2[2H])c2c(c1[2H])C(=O)N([C@H]1CCC(=O)NC1=O)C2. The van der Waals surface area contributed by atoms with E-state index in [0.29, 0.717) is 26.3 Å². The van der Waals surface area contributed by atoms with E-state index in [4.69, 9.17) is 19.1 Å². The maximum Gasteiger partial charge on any atom is 0.255 e. The molecular formula is C25H27N3O5. The number of rotatable bonds is 6. The highest BCUT2D eigenvalue weighted by atomic mass is 16.5. The van der Waals surface area contributed by atoms with E-state index < -0.39 is 48.5 Å². The molecule has 1 N–H and O–H groups in total. The number of morpholine rings is 1. The molecule has 2 aromatic carbocycles. The van der Waals surface area contributed by atoms with Crippen LogP contribution in [0.25, 0.3) is 0 Å². The van der Waals surface area contributed by atoms with Gasteiger partial charge in [0.05, 0.1) is 29.4 Å². The molecule has 1 atom stereocenters. The number of carbonyl (C=O) groups is 3. The van der Waals surface area contributed by atoms with Crippen molar-refractivity contribution in [1.29, 1.82) is 0 Å². The van der Waals surface area contributed by atoms with E-state index in [1.165, 1.54) is 4.90 Å². The molecule has 0 bridgehead atoms. The monoisotopic (exact) mass is 456 g/mol. The fraction of sp³-hybridized carbons (Fsp3) is 0.400. The lowest BCUT2D eigenvalue weighted by atomic mass is 10.0. The number of hydrogen-bond acceptors (Lipinski definition) is 6. The first kappa shape index (κ1) is 14.8. The lowest BCUT2D eigenvalue weighted by Crippen LogP contribution is -2.52. The molecule has 2 fully saturated rings. The van der Waals surface area contributed by atoms with Gasteiger partial charge >= 0.3 is 0 Å². The molecule has 3 amide bonds. The quantitative estimate of drug-likeness (QED) is 0.668. The number of nitrogens with zero attached hydrogens (tertiary/aromatic N) is 2. The van der Waals surface area contributed by atoms with E-state index in [9.17, 15) is 14.4 Å². The van der Waals surface area contributed by atoms with Gasteiger partial charge in [-0.15, -0.1) is 0 Å². The Kier molecular flexibility index (Phi) is 4.19. The van der Waals surface area contributed by atoms with Gasteiger partial charge in [-0.2, -0.15) is 0 Å². The predicted octanol–water partition coefficient (Wildman–Crippen LogP) is 1.86. The number of fused-ring (bicyclic) bond motifs is 1. The summed E-state index contributed by atoms with van der Waals surface area (Å²) in [6.07, 6.45) is 0.126. The molecule has 2 aromatic rings. The summed E-state index contributed by atoms with van der Waals surface area (Å²) in [7, 11) is 0. The lowest BCUT2D eigenvalue weighted by molar-refractivity contribution is -0.136. The van der Waals surface area contributed by atoms with Crippen molar-refractivity contribution in [2.24, 2.45) is 0 Å². The number of imide groups is 1. The molecular weight excluding hydrogens is 422 g/mol. The number of ether oxygens (including phenoxy) is 2. The first-order chi connectivity index (χ1) is 19.0. The average Bonchev–Trinajstić information content (AvgIpc) is 3.27. The van der Waals surface area contributed by atoms with Gasteiger partial charge in [0.1, 0.15) is 18.4 Å². The lowest BCUT2D eigenvalue weighted by Gasteiger charge is -2.29. The molecule has 0 radical (unpaired) electrons. The molecule has 172 valence electrons. The number of hydrogen-bond donors (Lipinski definition) is 1. The Morgan fingerprint density at radius 1 is 1.06 bits per heavy atom. The zero-order chi connectivity index (χ0) is 28.9. The molecule has 0 aromatic heterocycles. The number of nitrogens with one attached hydrogen (secondary N) is 1. The van der Waals surface area contributed by atoms with Gasteiger partial charge in [-0.25, -0.2) is 0 Å². The second-order valence-electron chi connectivity index (χ2n) is 8.09. The summed E-state index contributed by atoms with van der Waals surface area (Å²) in [5.41, 5.74) is 0.142. The van der Waals surface area contributed by atoms with Crippen molar-refractivity contribution >= 4 is 17.7 Å². The molecule has 2 saturated heterocycles. The topological polar surface area (TPSA) is 88.2 Å². The standard InChI is InChI=1S/C25H27N3O5/c29-23-9-8-21(24(30)26-23)28-15-20-19(25(28)31)2-1-3-22(20)33-16-18-6-4-17(5-7-18)14-27-10-12-32-13-11-27/h1-7,21H,8-16H2,(H,26,29,30)/t21-/m0/s1/i1D,2D,3D,4D,5D,6D,7D. The average molecular weight is 457 g/mol. The molecule has 5 rings (SSSR count). The molecule has 0 saturated carbocycles. The van der Waals surface area contributed by atoms with Crippen molar-refractivity contribution < 1.29 is 33.5 Å². The molecule has 0 spiro atoms. The zero-order valence-corrected chi connectivity index (χ0v) is 17.9. The second kappa shape index (κ2) is 9.33. The van der Waals surface area contributed by atoms with Gasteiger partial charge in [-0.3, -0.25) is 24.6 Å². The van der Waals surface area contributed by atoms with Crippen molar-refractivity contribution in [3.63, 3.8) is 0 Å². The van der Waals surface area contributed by atoms with E-state index in [0.717, 1.165) is 0 Å². The summed E-state index contributed by atoms with van der Waals surface area (Å²) in [6.45, 7) is 1.82. The minimum atomic E-state index is -0.969. The summed E-state index contributed by atoms with van der Waals surface area (Å²) < 4.78 is 70.1. The Balaban J connectivity index is 1.45. The predicted molar refractivity (Wildman–Crippen MR) is 119 cm³/mol. The van der Waals surface area contributed by atoms with Gasteiger partial charge in [0.25, 0.3) is 5.91 Å². The molecule has 0 unspecified atom stereocenters. The van der Waals surface area contributed by atoms with Crippen LogP contribution in [0, 0.1) is 0 Å². The number of carbonyl (C=O) groups excluding carboxylic acids is 3. The van der Waals surface area contributed by atoms with Crippen LogP contribution in [0.3, 0.4) is 0 Å². The van der Waals surface area contributed by atoms with Crippen LogP contribution in [-0.4, -0.2) is 59.9 Å². The van der Waals surface area contributed by atoms with Crippen molar-refractivity contribution in [1.82, 2.24) is 15.1 Å². The van der Waals surface area contributed by atoms with Crippen molar-refractivity contribution in [2.45, 2.75) is 38.6 Å². The fourth-order valence-electron chi connectivity index (χ4n) is 4.13. The van der Waals surface area contributed by atoms with Crippen molar-refractivity contribution in [3.8, 4) is 5.75 Å². The number of benzene rings is 2. The Morgan fingerprint density at radius 2 is 1.82 bits per heavy atom. The van der Waals surface area contributed by atoms with E-state index in [1.54, 1.807) is 0 Å². The minimum absolute atomic E-state index is 0.0337. The molecule has 8 heteroatoms. The molecule has 3 aliphatic heterocycles. The smallest absolute Gasteiger partial charge is 0.255 e. The highest BCUT2D eigenvalue weighted by Gasteiger charge is 2.40. The highest BCUT2D eigenvalue weighted by molar-refractivity contribution is 6.05. The highest BCUT2D eigenvalue weighted by Crippen LogP contribution is 2.34. The first-order valence-electron chi connectivity index (χ1n) is 14.3. The molecule has 8 nitrogen and oxygen atoms in total. The van der Waals surface area contributed by atoms with E-state index in [2.05, 4.69) is 5.32 Å². The molecule has 3 aliphatic rings. The maximum atomic E-state index is 13.3. The van der Waals surface area contributed by atoms with Crippen LogP contribution in [0.1, 0.15) is 49.5 Å². The summed E-state index contributed by atoms with van der Waals surface area (Å²) in [5, 5.41) is 2.20. The third-order valence-electron chi connectivity index (χ3n) is 5.90. The zero-order valence-electron chi connectivity index (χ0n) is 24.9. The fourth-order valence-corrected chi connectivity index (χ4v) is 4.13. The van der Waals surface area contributed by atoms with Crippen LogP contribution in [-0.2, 0) is 34.0 Å². The minimum Gasteiger partial charge on any atom is -0.489 e. The van der Waals surface area contributed by atoms with E-state index >= 15 is 0 Å². The van der Waals surface area contributed by atoms with Crippen molar-refractivity contribution in [3.05, 3.63) is 64.6 Å².